The first-order valence-corrected chi connectivity index (χ1v) is 9.91. The summed E-state index contributed by atoms with van der Waals surface area (Å²) in [7, 11) is 3.24. The van der Waals surface area contributed by atoms with E-state index in [1.165, 1.54) is 45.1 Å². The van der Waals surface area contributed by atoms with E-state index in [0.29, 0.717) is 18.1 Å². The minimum atomic E-state index is 0.0598. The van der Waals surface area contributed by atoms with Crippen molar-refractivity contribution < 1.29 is 14.3 Å². The smallest absolute Gasteiger partial charge is 0.224 e. The number of ether oxygens (including phenoxy) is 2. The Morgan fingerprint density at radius 3 is 2.69 bits per heavy atom. The van der Waals surface area contributed by atoms with Gasteiger partial charge in [0.1, 0.15) is 11.5 Å². The Morgan fingerprint density at radius 2 is 1.96 bits per heavy atom. The molecule has 1 aliphatic carbocycles. The predicted molar refractivity (Wildman–Crippen MR) is 103 cm³/mol. The van der Waals surface area contributed by atoms with E-state index >= 15 is 0 Å². The van der Waals surface area contributed by atoms with E-state index in [-0.39, 0.29) is 5.91 Å². The van der Waals surface area contributed by atoms with Crippen molar-refractivity contribution in [3.05, 3.63) is 23.8 Å². The fourth-order valence-electron chi connectivity index (χ4n) is 4.30. The third kappa shape index (κ3) is 4.91. The van der Waals surface area contributed by atoms with Crippen LogP contribution in [0.5, 0.6) is 11.5 Å². The van der Waals surface area contributed by atoms with Gasteiger partial charge < -0.3 is 19.7 Å². The number of carbonyl (C=O) groups is 1. The van der Waals surface area contributed by atoms with Crippen molar-refractivity contribution in [2.45, 2.75) is 51.0 Å². The van der Waals surface area contributed by atoms with Crippen LogP contribution in [0.4, 0.5) is 0 Å². The SMILES string of the molecule is COc1ccc(CC(=O)NC[C@H]2CCN(C3CCCCC3)C2)c(OC)c1. The second-order valence-electron chi connectivity index (χ2n) is 7.60. The monoisotopic (exact) mass is 360 g/mol. The van der Waals surface area contributed by atoms with Crippen molar-refractivity contribution in [1.29, 1.82) is 0 Å². The Bertz CT molecular complexity index is 599. The van der Waals surface area contributed by atoms with Crippen molar-refractivity contribution in [2.24, 2.45) is 5.92 Å². The molecule has 1 aromatic carbocycles. The number of amides is 1. The molecule has 0 spiro atoms. The molecule has 5 nitrogen and oxygen atoms in total. The highest BCUT2D eigenvalue weighted by Crippen LogP contribution is 2.28. The molecule has 2 aliphatic rings. The Balaban J connectivity index is 1.44. The second kappa shape index (κ2) is 9.26. The standard InChI is InChI=1S/C21H32N2O3/c1-25-19-9-8-17(20(13-19)26-2)12-21(24)22-14-16-10-11-23(15-16)18-6-4-3-5-7-18/h8-9,13,16,18H,3-7,10-12,14-15H2,1-2H3,(H,22,24)/t16-/m1/s1. The number of carbonyl (C=O) groups excluding carboxylic acids is 1. The average molecular weight is 360 g/mol. The van der Waals surface area contributed by atoms with E-state index in [1.807, 2.05) is 18.2 Å². The number of nitrogens with zero attached hydrogens (tertiary/aromatic N) is 1. The van der Waals surface area contributed by atoms with Gasteiger partial charge in [-0.1, -0.05) is 25.3 Å². The van der Waals surface area contributed by atoms with E-state index in [0.717, 1.165) is 30.4 Å². The van der Waals surface area contributed by atoms with E-state index in [1.54, 1.807) is 14.2 Å². The normalized spacial score (nSPS) is 21.5. The van der Waals surface area contributed by atoms with Gasteiger partial charge in [-0.05, 0) is 37.8 Å². The van der Waals surface area contributed by atoms with Crippen LogP contribution in [-0.4, -0.2) is 50.7 Å². The average Bonchev–Trinajstić information content (AvgIpc) is 3.16. The Hall–Kier alpha value is -1.75. The molecule has 1 saturated heterocycles. The lowest BCUT2D eigenvalue weighted by Crippen LogP contribution is -2.36. The number of hydrogen-bond acceptors (Lipinski definition) is 4. The topological polar surface area (TPSA) is 50.8 Å². The van der Waals surface area contributed by atoms with Gasteiger partial charge in [0, 0.05) is 30.8 Å². The van der Waals surface area contributed by atoms with Gasteiger partial charge >= 0.3 is 0 Å². The Morgan fingerprint density at radius 1 is 1.15 bits per heavy atom. The Kier molecular flexibility index (Phi) is 6.78. The van der Waals surface area contributed by atoms with Crippen LogP contribution in [0, 0.1) is 5.92 Å². The second-order valence-corrected chi connectivity index (χ2v) is 7.60. The first kappa shape index (κ1) is 19.0. The summed E-state index contributed by atoms with van der Waals surface area (Å²) < 4.78 is 10.6. The quantitative estimate of drug-likeness (QED) is 0.812. The highest BCUT2D eigenvalue weighted by Gasteiger charge is 2.29. The first-order valence-electron chi connectivity index (χ1n) is 9.91. The van der Waals surface area contributed by atoms with Crippen LogP contribution in [0.15, 0.2) is 18.2 Å². The lowest BCUT2D eigenvalue weighted by Gasteiger charge is -2.31. The van der Waals surface area contributed by atoms with E-state index in [9.17, 15) is 4.79 Å². The summed E-state index contributed by atoms with van der Waals surface area (Å²) in [6.45, 7) is 3.11. The zero-order valence-corrected chi connectivity index (χ0v) is 16.1. The lowest BCUT2D eigenvalue weighted by molar-refractivity contribution is -0.120. The van der Waals surface area contributed by atoms with Crippen LogP contribution in [0.2, 0.25) is 0 Å². The van der Waals surface area contributed by atoms with Gasteiger partial charge in [0.05, 0.1) is 20.6 Å². The van der Waals surface area contributed by atoms with Crippen molar-refractivity contribution in [1.82, 2.24) is 10.2 Å². The van der Waals surface area contributed by atoms with E-state index < -0.39 is 0 Å². The molecule has 0 aromatic heterocycles. The molecule has 1 saturated carbocycles. The molecule has 1 atom stereocenters. The number of rotatable bonds is 7. The molecule has 5 heteroatoms. The molecule has 144 valence electrons. The lowest BCUT2D eigenvalue weighted by atomic mass is 9.94. The highest BCUT2D eigenvalue weighted by molar-refractivity contribution is 5.79. The summed E-state index contributed by atoms with van der Waals surface area (Å²) in [5.74, 6) is 2.08. The molecule has 1 aromatic rings. The number of benzene rings is 1. The summed E-state index contributed by atoms with van der Waals surface area (Å²) in [5.41, 5.74) is 0.890. The predicted octanol–water partition coefficient (Wildman–Crippen LogP) is 3.02. The maximum Gasteiger partial charge on any atom is 0.224 e. The van der Waals surface area contributed by atoms with E-state index in [2.05, 4.69) is 10.2 Å². The van der Waals surface area contributed by atoms with Crippen LogP contribution < -0.4 is 14.8 Å². The summed E-state index contributed by atoms with van der Waals surface area (Å²) in [6, 6.07) is 6.37. The van der Waals surface area contributed by atoms with Gasteiger partial charge in [0.2, 0.25) is 5.91 Å². The summed E-state index contributed by atoms with van der Waals surface area (Å²) in [6.07, 6.45) is 8.42. The van der Waals surface area contributed by atoms with Gasteiger partial charge in [-0.3, -0.25) is 4.79 Å². The van der Waals surface area contributed by atoms with E-state index in [4.69, 9.17) is 9.47 Å². The molecule has 1 heterocycles. The fourth-order valence-corrected chi connectivity index (χ4v) is 4.30. The molecular weight excluding hydrogens is 328 g/mol. The zero-order chi connectivity index (χ0) is 18.4. The first-order chi connectivity index (χ1) is 12.7. The molecule has 3 rings (SSSR count). The summed E-state index contributed by atoms with van der Waals surface area (Å²) in [4.78, 5) is 15.0. The third-order valence-electron chi connectivity index (χ3n) is 5.84. The molecule has 0 bridgehead atoms. The molecule has 1 amide bonds. The fraction of sp³-hybridized carbons (Fsp3) is 0.667. The van der Waals surface area contributed by atoms with Gasteiger partial charge in [0.15, 0.2) is 0 Å². The molecule has 26 heavy (non-hydrogen) atoms. The van der Waals surface area contributed by atoms with Crippen LogP contribution in [0.1, 0.15) is 44.1 Å². The number of nitrogens with one attached hydrogen (secondary N) is 1. The van der Waals surface area contributed by atoms with Gasteiger partial charge in [-0.2, -0.15) is 0 Å². The maximum absolute atomic E-state index is 12.4. The minimum Gasteiger partial charge on any atom is -0.497 e. The van der Waals surface area contributed by atoms with Crippen LogP contribution in [0.3, 0.4) is 0 Å². The summed E-state index contributed by atoms with van der Waals surface area (Å²) >= 11 is 0. The van der Waals surface area contributed by atoms with Crippen molar-refractivity contribution in [3.8, 4) is 11.5 Å². The molecule has 0 radical (unpaired) electrons. The Labute approximate surface area is 157 Å². The number of hydrogen-bond donors (Lipinski definition) is 1. The van der Waals surface area contributed by atoms with Crippen LogP contribution >= 0.6 is 0 Å². The molecular formula is C21H32N2O3. The van der Waals surface area contributed by atoms with Crippen molar-refractivity contribution in [2.75, 3.05) is 33.9 Å². The van der Waals surface area contributed by atoms with Gasteiger partial charge in [-0.25, -0.2) is 0 Å². The summed E-state index contributed by atoms with van der Waals surface area (Å²) in [5, 5.41) is 3.12. The minimum absolute atomic E-state index is 0.0598. The molecule has 1 N–H and O–H groups in total. The molecule has 0 unspecified atom stereocenters. The molecule has 1 aliphatic heterocycles. The van der Waals surface area contributed by atoms with Crippen LogP contribution in [0.25, 0.3) is 0 Å². The highest BCUT2D eigenvalue weighted by atomic mass is 16.5. The number of methoxy groups -OCH3 is 2. The number of likely N-dealkylation sites (tertiary alicyclic amines) is 1. The van der Waals surface area contributed by atoms with Crippen LogP contribution in [-0.2, 0) is 11.2 Å². The van der Waals surface area contributed by atoms with Crippen molar-refractivity contribution in [3.63, 3.8) is 0 Å². The molecule has 2 fully saturated rings. The van der Waals surface area contributed by atoms with Gasteiger partial charge in [-0.15, -0.1) is 0 Å². The zero-order valence-electron chi connectivity index (χ0n) is 16.1. The largest absolute Gasteiger partial charge is 0.497 e. The van der Waals surface area contributed by atoms with Crippen molar-refractivity contribution >= 4 is 5.91 Å². The maximum atomic E-state index is 12.4. The van der Waals surface area contributed by atoms with Gasteiger partial charge in [0.25, 0.3) is 0 Å². The third-order valence-corrected chi connectivity index (χ3v) is 5.84.